The van der Waals surface area contributed by atoms with Gasteiger partial charge in [0, 0.05) is 6.54 Å². The van der Waals surface area contributed by atoms with Crippen LogP contribution in [-0.2, 0) is 6.42 Å². The molecule has 1 aromatic heterocycles. The lowest BCUT2D eigenvalue weighted by atomic mass is 10.1. The minimum atomic E-state index is -0.155. The standard InChI is InChI=1S/C17H23N5O/c1-13-2-4-14(5-3-13)6-11-19-17(23)16-12-22(21-20-16)15-7-9-18-10-8-15/h2-5,12,15,18H,6-11H2,1H3,(H,19,23). The van der Waals surface area contributed by atoms with Gasteiger partial charge in [0.05, 0.1) is 12.2 Å². The van der Waals surface area contributed by atoms with Crippen LogP contribution in [0.15, 0.2) is 30.5 Å². The normalized spacial score (nSPS) is 15.5. The quantitative estimate of drug-likeness (QED) is 0.877. The van der Waals surface area contributed by atoms with Crippen LogP contribution in [0.1, 0.15) is 40.5 Å². The van der Waals surface area contributed by atoms with Crippen molar-refractivity contribution in [3.05, 3.63) is 47.3 Å². The number of carbonyl (C=O) groups is 1. The Morgan fingerprint density at radius 1 is 1.30 bits per heavy atom. The summed E-state index contributed by atoms with van der Waals surface area (Å²) in [7, 11) is 0. The number of nitrogens with one attached hydrogen (secondary N) is 2. The largest absolute Gasteiger partial charge is 0.350 e. The molecule has 0 saturated carbocycles. The summed E-state index contributed by atoms with van der Waals surface area (Å²) in [5.74, 6) is -0.155. The minimum Gasteiger partial charge on any atom is -0.350 e. The third-order valence-electron chi connectivity index (χ3n) is 4.25. The van der Waals surface area contributed by atoms with Crippen LogP contribution in [0, 0.1) is 6.92 Å². The van der Waals surface area contributed by atoms with Gasteiger partial charge in [-0.3, -0.25) is 4.79 Å². The molecule has 1 fully saturated rings. The average Bonchev–Trinajstić information content (AvgIpc) is 3.07. The highest BCUT2D eigenvalue weighted by molar-refractivity contribution is 5.91. The highest BCUT2D eigenvalue weighted by Gasteiger charge is 2.18. The van der Waals surface area contributed by atoms with Crippen LogP contribution in [0.3, 0.4) is 0 Å². The maximum absolute atomic E-state index is 12.1. The molecular weight excluding hydrogens is 290 g/mol. The molecule has 3 rings (SSSR count). The van der Waals surface area contributed by atoms with Crippen LogP contribution < -0.4 is 10.6 Å². The van der Waals surface area contributed by atoms with Crippen molar-refractivity contribution < 1.29 is 4.79 Å². The molecule has 1 aliphatic heterocycles. The number of aromatic nitrogens is 3. The minimum absolute atomic E-state index is 0.155. The third kappa shape index (κ3) is 4.16. The summed E-state index contributed by atoms with van der Waals surface area (Å²) >= 11 is 0. The summed E-state index contributed by atoms with van der Waals surface area (Å²) in [6.07, 6.45) is 4.63. The zero-order valence-electron chi connectivity index (χ0n) is 13.5. The fourth-order valence-corrected chi connectivity index (χ4v) is 2.80. The van der Waals surface area contributed by atoms with E-state index in [1.165, 1.54) is 11.1 Å². The number of rotatable bonds is 5. The van der Waals surface area contributed by atoms with Gasteiger partial charge in [0.2, 0.25) is 0 Å². The van der Waals surface area contributed by atoms with Crippen LogP contribution in [0.25, 0.3) is 0 Å². The first-order valence-corrected chi connectivity index (χ1v) is 8.18. The number of carbonyl (C=O) groups excluding carboxylic acids is 1. The molecule has 0 aliphatic carbocycles. The van der Waals surface area contributed by atoms with Crippen molar-refractivity contribution in [2.75, 3.05) is 19.6 Å². The van der Waals surface area contributed by atoms with Gasteiger partial charge in [-0.15, -0.1) is 5.10 Å². The monoisotopic (exact) mass is 313 g/mol. The maximum Gasteiger partial charge on any atom is 0.273 e. The van der Waals surface area contributed by atoms with E-state index in [1.54, 1.807) is 6.20 Å². The first-order chi connectivity index (χ1) is 11.2. The van der Waals surface area contributed by atoms with E-state index in [4.69, 9.17) is 0 Å². The summed E-state index contributed by atoms with van der Waals surface area (Å²) in [6.45, 7) is 4.64. The Balaban J connectivity index is 1.50. The smallest absolute Gasteiger partial charge is 0.273 e. The zero-order valence-corrected chi connectivity index (χ0v) is 13.5. The van der Waals surface area contributed by atoms with Gasteiger partial charge in [-0.2, -0.15) is 0 Å². The molecule has 6 heteroatoms. The molecule has 6 nitrogen and oxygen atoms in total. The Bertz CT molecular complexity index is 643. The van der Waals surface area contributed by atoms with Crippen LogP contribution in [0.2, 0.25) is 0 Å². The summed E-state index contributed by atoms with van der Waals surface area (Å²) < 4.78 is 1.83. The highest BCUT2D eigenvalue weighted by Crippen LogP contribution is 2.16. The van der Waals surface area contributed by atoms with Crippen molar-refractivity contribution >= 4 is 5.91 Å². The van der Waals surface area contributed by atoms with Gasteiger partial charge in [-0.05, 0) is 44.8 Å². The van der Waals surface area contributed by atoms with Crippen LogP contribution in [-0.4, -0.2) is 40.5 Å². The highest BCUT2D eigenvalue weighted by atomic mass is 16.2. The summed E-state index contributed by atoms with van der Waals surface area (Å²) in [4.78, 5) is 12.1. The number of amides is 1. The predicted octanol–water partition coefficient (Wildman–Crippen LogP) is 1.48. The Labute approximate surface area is 136 Å². The van der Waals surface area contributed by atoms with Crippen LogP contribution in [0.4, 0.5) is 0 Å². The number of hydrogen-bond donors (Lipinski definition) is 2. The zero-order chi connectivity index (χ0) is 16.1. The molecule has 0 spiro atoms. The lowest BCUT2D eigenvalue weighted by molar-refractivity contribution is 0.0949. The van der Waals surface area contributed by atoms with E-state index in [9.17, 15) is 4.79 Å². The van der Waals surface area contributed by atoms with Gasteiger partial charge in [0.15, 0.2) is 5.69 Å². The molecule has 1 amide bonds. The number of benzene rings is 1. The Hall–Kier alpha value is -2.21. The van der Waals surface area contributed by atoms with Gasteiger partial charge in [-0.25, -0.2) is 4.68 Å². The summed E-state index contributed by atoms with van der Waals surface area (Å²) in [5, 5.41) is 14.4. The first kappa shape index (κ1) is 15.7. The van der Waals surface area contributed by atoms with Crippen LogP contribution >= 0.6 is 0 Å². The van der Waals surface area contributed by atoms with Crippen LogP contribution in [0.5, 0.6) is 0 Å². The Morgan fingerprint density at radius 2 is 2.04 bits per heavy atom. The van der Waals surface area contributed by atoms with Crippen molar-refractivity contribution in [3.8, 4) is 0 Å². The molecular formula is C17H23N5O. The second kappa shape index (κ2) is 7.37. The molecule has 0 atom stereocenters. The molecule has 1 aromatic carbocycles. The molecule has 0 unspecified atom stereocenters. The average molecular weight is 313 g/mol. The fourth-order valence-electron chi connectivity index (χ4n) is 2.80. The van der Waals surface area contributed by atoms with Crippen molar-refractivity contribution in [3.63, 3.8) is 0 Å². The van der Waals surface area contributed by atoms with E-state index in [1.807, 2.05) is 4.68 Å². The molecule has 1 saturated heterocycles. The van der Waals surface area contributed by atoms with Crippen molar-refractivity contribution in [2.45, 2.75) is 32.2 Å². The molecule has 122 valence electrons. The molecule has 2 aromatic rings. The topological polar surface area (TPSA) is 71.8 Å². The SMILES string of the molecule is Cc1ccc(CCNC(=O)c2cn(C3CCNCC3)nn2)cc1. The van der Waals surface area contributed by atoms with E-state index >= 15 is 0 Å². The molecule has 1 aliphatic rings. The molecule has 0 radical (unpaired) electrons. The number of hydrogen-bond acceptors (Lipinski definition) is 4. The lowest BCUT2D eigenvalue weighted by Crippen LogP contribution is -2.29. The molecule has 2 N–H and O–H groups in total. The van der Waals surface area contributed by atoms with E-state index < -0.39 is 0 Å². The molecule has 23 heavy (non-hydrogen) atoms. The number of nitrogens with zero attached hydrogens (tertiary/aromatic N) is 3. The van der Waals surface area contributed by atoms with Crippen molar-refractivity contribution in [1.82, 2.24) is 25.6 Å². The van der Waals surface area contributed by atoms with Crippen molar-refractivity contribution in [2.24, 2.45) is 0 Å². The second-order valence-corrected chi connectivity index (χ2v) is 6.06. The summed E-state index contributed by atoms with van der Waals surface area (Å²) in [6, 6.07) is 8.70. The lowest BCUT2D eigenvalue weighted by Gasteiger charge is -2.22. The Morgan fingerprint density at radius 3 is 2.78 bits per heavy atom. The van der Waals surface area contributed by atoms with E-state index in [-0.39, 0.29) is 5.91 Å². The van der Waals surface area contributed by atoms with E-state index in [0.29, 0.717) is 18.3 Å². The summed E-state index contributed by atoms with van der Waals surface area (Å²) in [5.41, 5.74) is 2.86. The second-order valence-electron chi connectivity index (χ2n) is 6.06. The fraction of sp³-hybridized carbons (Fsp3) is 0.471. The molecule has 2 heterocycles. The van der Waals surface area contributed by atoms with Gasteiger partial charge < -0.3 is 10.6 Å². The van der Waals surface area contributed by atoms with Gasteiger partial charge in [0.25, 0.3) is 5.91 Å². The van der Waals surface area contributed by atoms with E-state index in [0.717, 1.165) is 32.4 Å². The Kier molecular flexibility index (Phi) is 5.02. The van der Waals surface area contributed by atoms with Gasteiger partial charge in [-0.1, -0.05) is 35.0 Å². The first-order valence-electron chi connectivity index (χ1n) is 8.18. The maximum atomic E-state index is 12.1. The van der Waals surface area contributed by atoms with Gasteiger partial charge in [0.1, 0.15) is 0 Å². The molecule has 0 bridgehead atoms. The third-order valence-corrected chi connectivity index (χ3v) is 4.25. The number of aryl methyl sites for hydroxylation is 1. The van der Waals surface area contributed by atoms with E-state index in [2.05, 4.69) is 52.1 Å². The van der Waals surface area contributed by atoms with Crippen molar-refractivity contribution in [1.29, 1.82) is 0 Å². The predicted molar refractivity (Wildman–Crippen MR) is 88.4 cm³/mol. The number of piperidine rings is 1. The van der Waals surface area contributed by atoms with Gasteiger partial charge >= 0.3 is 0 Å².